The second-order valence-electron chi connectivity index (χ2n) is 6.74. The lowest BCUT2D eigenvalue weighted by atomic mass is 9.80. The van der Waals surface area contributed by atoms with Crippen LogP contribution in [0.15, 0.2) is 0 Å². The number of rotatable bonds is 3. The SMILES string of the molecule is CC1(C)COCCN1C(=O)CC1CCC(CN)CC1. The molecule has 1 aliphatic heterocycles. The number of carbonyl (C=O) groups is 1. The van der Waals surface area contributed by atoms with Crippen LogP contribution in [0.25, 0.3) is 0 Å². The second-order valence-corrected chi connectivity index (χ2v) is 6.74. The van der Waals surface area contributed by atoms with Gasteiger partial charge in [-0.25, -0.2) is 0 Å². The maximum absolute atomic E-state index is 12.5. The van der Waals surface area contributed by atoms with Gasteiger partial charge in [-0.1, -0.05) is 0 Å². The van der Waals surface area contributed by atoms with Crippen LogP contribution in [0, 0.1) is 11.8 Å². The third-order valence-electron chi connectivity index (χ3n) is 4.71. The minimum atomic E-state index is -0.149. The summed E-state index contributed by atoms with van der Waals surface area (Å²) < 4.78 is 5.48. The Morgan fingerprint density at radius 1 is 1.26 bits per heavy atom. The van der Waals surface area contributed by atoms with Crippen molar-refractivity contribution in [3.05, 3.63) is 0 Å². The molecule has 0 aromatic carbocycles. The van der Waals surface area contributed by atoms with Crippen LogP contribution in [-0.4, -0.2) is 42.6 Å². The van der Waals surface area contributed by atoms with Crippen molar-refractivity contribution in [1.82, 2.24) is 4.90 Å². The van der Waals surface area contributed by atoms with Gasteiger partial charge in [0.05, 0.1) is 18.8 Å². The average Bonchev–Trinajstić information content (AvgIpc) is 2.39. The summed E-state index contributed by atoms with van der Waals surface area (Å²) in [5.41, 5.74) is 5.56. The van der Waals surface area contributed by atoms with Gasteiger partial charge in [0.1, 0.15) is 0 Å². The van der Waals surface area contributed by atoms with Gasteiger partial charge in [0, 0.05) is 13.0 Å². The first-order chi connectivity index (χ1) is 9.03. The van der Waals surface area contributed by atoms with Crippen LogP contribution in [0.5, 0.6) is 0 Å². The topological polar surface area (TPSA) is 55.6 Å². The van der Waals surface area contributed by atoms with Gasteiger partial charge >= 0.3 is 0 Å². The van der Waals surface area contributed by atoms with Gasteiger partial charge in [-0.05, 0) is 57.9 Å². The Bertz CT molecular complexity index is 309. The number of amides is 1. The normalized spacial score (nSPS) is 31.2. The Morgan fingerprint density at radius 2 is 1.89 bits per heavy atom. The van der Waals surface area contributed by atoms with Crippen molar-refractivity contribution in [3.8, 4) is 0 Å². The number of ether oxygens (including phenoxy) is 1. The van der Waals surface area contributed by atoms with Crippen LogP contribution in [0.3, 0.4) is 0 Å². The molecule has 1 aliphatic carbocycles. The molecule has 1 saturated carbocycles. The highest BCUT2D eigenvalue weighted by Crippen LogP contribution is 2.31. The zero-order valence-corrected chi connectivity index (χ0v) is 12.4. The maximum atomic E-state index is 12.5. The maximum Gasteiger partial charge on any atom is 0.223 e. The first-order valence-corrected chi connectivity index (χ1v) is 7.61. The summed E-state index contributed by atoms with van der Waals surface area (Å²) in [5.74, 6) is 1.56. The van der Waals surface area contributed by atoms with Gasteiger partial charge in [-0.2, -0.15) is 0 Å². The number of morpholine rings is 1. The lowest BCUT2D eigenvalue weighted by molar-refractivity contribution is -0.147. The van der Waals surface area contributed by atoms with Gasteiger partial charge in [0.15, 0.2) is 0 Å². The summed E-state index contributed by atoms with van der Waals surface area (Å²) >= 11 is 0. The molecule has 2 N–H and O–H groups in total. The quantitative estimate of drug-likeness (QED) is 0.849. The predicted molar refractivity (Wildman–Crippen MR) is 75.7 cm³/mol. The molecule has 2 fully saturated rings. The molecule has 4 heteroatoms. The number of nitrogens with zero attached hydrogens (tertiary/aromatic N) is 1. The van der Waals surface area contributed by atoms with Crippen molar-refractivity contribution in [1.29, 1.82) is 0 Å². The summed E-state index contributed by atoms with van der Waals surface area (Å²) in [6.45, 7) is 7.06. The van der Waals surface area contributed by atoms with E-state index in [0.717, 1.165) is 13.1 Å². The summed E-state index contributed by atoms with van der Waals surface area (Å²) in [4.78, 5) is 14.5. The Balaban J connectivity index is 1.84. The van der Waals surface area contributed by atoms with Gasteiger partial charge in [0.2, 0.25) is 5.91 Å². The molecule has 4 nitrogen and oxygen atoms in total. The van der Waals surface area contributed by atoms with E-state index in [0.29, 0.717) is 37.4 Å². The monoisotopic (exact) mass is 268 g/mol. The number of nitrogens with two attached hydrogens (primary N) is 1. The standard InChI is InChI=1S/C15H28N2O2/c1-15(2)11-19-8-7-17(15)14(18)9-12-3-5-13(10-16)6-4-12/h12-13H,3-11,16H2,1-2H3. The second kappa shape index (κ2) is 6.23. The highest BCUT2D eigenvalue weighted by molar-refractivity contribution is 5.77. The summed E-state index contributed by atoms with van der Waals surface area (Å²) in [6.07, 6.45) is 5.43. The molecule has 0 radical (unpaired) electrons. The third-order valence-corrected chi connectivity index (χ3v) is 4.71. The van der Waals surface area contributed by atoms with Gasteiger partial charge in [-0.15, -0.1) is 0 Å². The number of hydrogen-bond donors (Lipinski definition) is 1. The van der Waals surface area contributed by atoms with E-state index in [4.69, 9.17) is 10.5 Å². The zero-order chi connectivity index (χ0) is 13.9. The zero-order valence-electron chi connectivity index (χ0n) is 12.4. The van der Waals surface area contributed by atoms with Crippen LogP contribution in [-0.2, 0) is 9.53 Å². The van der Waals surface area contributed by atoms with Crippen molar-refractivity contribution in [2.24, 2.45) is 17.6 Å². The van der Waals surface area contributed by atoms with Crippen LogP contribution in [0.2, 0.25) is 0 Å². The molecular formula is C15H28N2O2. The average molecular weight is 268 g/mol. The molecule has 19 heavy (non-hydrogen) atoms. The molecule has 0 atom stereocenters. The largest absolute Gasteiger partial charge is 0.377 e. The van der Waals surface area contributed by atoms with Gasteiger partial charge in [0.25, 0.3) is 0 Å². The molecule has 0 aromatic rings. The van der Waals surface area contributed by atoms with E-state index in [1.165, 1.54) is 25.7 Å². The molecule has 0 aromatic heterocycles. The van der Waals surface area contributed by atoms with Crippen LogP contribution < -0.4 is 5.73 Å². The molecule has 2 aliphatic rings. The summed E-state index contributed by atoms with van der Waals surface area (Å²) in [6, 6.07) is 0. The van der Waals surface area contributed by atoms with Crippen LogP contribution in [0.4, 0.5) is 0 Å². The first kappa shape index (κ1) is 14.8. The van der Waals surface area contributed by atoms with E-state index in [1.807, 2.05) is 4.90 Å². The van der Waals surface area contributed by atoms with E-state index < -0.39 is 0 Å². The molecule has 2 rings (SSSR count). The lowest BCUT2D eigenvalue weighted by Gasteiger charge is -2.43. The Hall–Kier alpha value is -0.610. The highest BCUT2D eigenvalue weighted by atomic mass is 16.5. The predicted octanol–water partition coefficient (Wildman–Crippen LogP) is 1.78. The van der Waals surface area contributed by atoms with E-state index in [-0.39, 0.29) is 5.54 Å². The van der Waals surface area contributed by atoms with Crippen molar-refractivity contribution in [2.75, 3.05) is 26.3 Å². The third kappa shape index (κ3) is 3.69. The smallest absolute Gasteiger partial charge is 0.223 e. The van der Waals surface area contributed by atoms with Crippen LogP contribution >= 0.6 is 0 Å². The van der Waals surface area contributed by atoms with Gasteiger partial charge in [-0.3, -0.25) is 4.79 Å². The Kier molecular flexibility index (Phi) is 4.85. The Labute approximate surface area is 116 Å². The van der Waals surface area contributed by atoms with Crippen molar-refractivity contribution in [2.45, 2.75) is 51.5 Å². The molecule has 1 amide bonds. The number of hydrogen-bond acceptors (Lipinski definition) is 3. The minimum Gasteiger partial charge on any atom is -0.377 e. The molecule has 1 saturated heterocycles. The van der Waals surface area contributed by atoms with Gasteiger partial charge < -0.3 is 15.4 Å². The summed E-state index contributed by atoms with van der Waals surface area (Å²) in [7, 11) is 0. The van der Waals surface area contributed by atoms with E-state index in [9.17, 15) is 4.79 Å². The van der Waals surface area contributed by atoms with Crippen LogP contribution in [0.1, 0.15) is 46.0 Å². The summed E-state index contributed by atoms with van der Waals surface area (Å²) in [5, 5.41) is 0. The first-order valence-electron chi connectivity index (χ1n) is 7.61. The van der Waals surface area contributed by atoms with Crippen molar-refractivity contribution >= 4 is 5.91 Å². The Morgan fingerprint density at radius 3 is 2.47 bits per heavy atom. The molecule has 110 valence electrons. The molecule has 0 bridgehead atoms. The molecule has 0 unspecified atom stereocenters. The minimum absolute atomic E-state index is 0.149. The lowest BCUT2D eigenvalue weighted by Crippen LogP contribution is -2.55. The fourth-order valence-corrected chi connectivity index (χ4v) is 3.35. The fourth-order valence-electron chi connectivity index (χ4n) is 3.35. The highest BCUT2D eigenvalue weighted by Gasteiger charge is 2.35. The van der Waals surface area contributed by atoms with Crippen molar-refractivity contribution in [3.63, 3.8) is 0 Å². The molecular weight excluding hydrogens is 240 g/mol. The van der Waals surface area contributed by atoms with E-state index in [1.54, 1.807) is 0 Å². The number of carbonyl (C=O) groups excluding carboxylic acids is 1. The van der Waals surface area contributed by atoms with E-state index >= 15 is 0 Å². The molecule has 0 spiro atoms. The molecule has 1 heterocycles. The fraction of sp³-hybridized carbons (Fsp3) is 0.933. The van der Waals surface area contributed by atoms with Crippen molar-refractivity contribution < 1.29 is 9.53 Å². The van der Waals surface area contributed by atoms with E-state index in [2.05, 4.69) is 13.8 Å².